The van der Waals surface area contributed by atoms with Crippen LogP contribution in [0, 0.1) is 11.3 Å². The van der Waals surface area contributed by atoms with Gasteiger partial charge in [0.25, 0.3) is 5.91 Å². The number of nitrogens with zero attached hydrogens (tertiary/aromatic N) is 4. The minimum absolute atomic E-state index is 0.0483. The third-order valence-corrected chi connectivity index (χ3v) is 3.97. The van der Waals surface area contributed by atoms with E-state index in [4.69, 9.17) is 10.00 Å². The summed E-state index contributed by atoms with van der Waals surface area (Å²) in [4.78, 5) is 25.4. The van der Waals surface area contributed by atoms with E-state index in [0.29, 0.717) is 30.1 Å². The number of hydrogen-bond donors (Lipinski definition) is 1. The number of nitrogens with one attached hydrogen (secondary N) is 1. The molecule has 1 aromatic carbocycles. The molecule has 0 bridgehead atoms. The van der Waals surface area contributed by atoms with Crippen LogP contribution in [-0.2, 0) is 0 Å². The van der Waals surface area contributed by atoms with Crippen LogP contribution in [0.3, 0.4) is 0 Å². The number of amides is 1. The molecule has 1 saturated heterocycles. The Morgan fingerprint density at radius 3 is 3.04 bits per heavy atom. The first-order valence-electron chi connectivity index (χ1n) is 7.49. The summed E-state index contributed by atoms with van der Waals surface area (Å²) in [6.45, 7) is 0.947. The molecule has 7 nitrogen and oxygen atoms in total. The highest BCUT2D eigenvalue weighted by Crippen LogP contribution is 2.22. The van der Waals surface area contributed by atoms with Crippen molar-refractivity contribution in [2.24, 2.45) is 0 Å². The molecule has 1 aliphatic heterocycles. The summed E-state index contributed by atoms with van der Waals surface area (Å²) < 4.78 is 5.70. The van der Waals surface area contributed by atoms with Crippen LogP contribution in [0.1, 0.15) is 15.9 Å². The molecule has 0 unspecified atom stereocenters. The third-order valence-electron chi connectivity index (χ3n) is 3.97. The summed E-state index contributed by atoms with van der Waals surface area (Å²) in [5.74, 6) is 0.267. The number of carbonyl (C=O) groups is 1. The Hall–Kier alpha value is -3.40. The normalized spacial score (nSPS) is 14.2. The van der Waals surface area contributed by atoms with Gasteiger partial charge in [-0.05, 0) is 30.3 Å². The zero-order chi connectivity index (χ0) is 16.5. The van der Waals surface area contributed by atoms with Gasteiger partial charge in [0, 0.05) is 11.8 Å². The number of benzene rings is 1. The Kier molecular flexibility index (Phi) is 3.35. The number of rotatable bonds is 3. The number of carbonyl (C=O) groups excluding carboxylic acids is 1. The quantitative estimate of drug-likeness (QED) is 0.793. The summed E-state index contributed by atoms with van der Waals surface area (Å²) in [6.07, 6.45) is 3.04. The van der Waals surface area contributed by atoms with Gasteiger partial charge in [-0.2, -0.15) is 5.26 Å². The number of likely N-dealkylation sites (tertiary alicyclic amines) is 1. The first kappa shape index (κ1) is 14.2. The van der Waals surface area contributed by atoms with Crippen molar-refractivity contribution in [1.29, 1.82) is 5.26 Å². The van der Waals surface area contributed by atoms with Crippen LogP contribution in [0.5, 0.6) is 5.88 Å². The SMILES string of the molecule is N#Cc1cccnc1OC1CN(C(=O)c2ccc3nc[nH]c3c2)C1. The Morgan fingerprint density at radius 2 is 2.21 bits per heavy atom. The van der Waals surface area contributed by atoms with Crippen LogP contribution in [0.25, 0.3) is 11.0 Å². The van der Waals surface area contributed by atoms with E-state index in [1.165, 1.54) is 0 Å². The lowest BCUT2D eigenvalue weighted by molar-refractivity contribution is 0.0159. The van der Waals surface area contributed by atoms with E-state index in [-0.39, 0.29) is 12.0 Å². The van der Waals surface area contributed by atoms with Crippen LogP contribution in [0.15, 0.2) is 42.9 Å². The summed E-state index contributed by atoms with van der Waals surface area (Å²) in [5, 5.41) is 9.04. The van der Waals surface area contributed by atoms with Gasteiger partial charge in [0.15, 0.2) is 0 Å². The maximum absolute atomic E-state index is 12.5. The fraction of sp³-hybridized carbons (Fsp3) is 0.176. The van der Waals surface area contributed by atoms with Crippen molar-refractivity contribution in [3.63, 3.8) is 0 Å². The second-order valence-electron chi connectivity index (χ2n) is 5.55. The molecule has 1 aliphatic rings. The van der Waals surface area contributed by atoms with E-state index in [9.17, 15) is 4.79 Å². The van der Waals surface area contributed by atoms with E-state index < -0.39 is 0 Å². The maximum atomic E-state index is 12.5. The van der Waals surface area contributed by atoms with Crippen LogP contribution in [0.4, 0.5) is 0 Å². The second kappa shape index (κ2) is 5.66. The van der Waals surface area contributed by atoms with Gasteiger partial charge in [0.2, 0.25) is 5.88 Å². The summed E-state index contributed by atoms with van der Waals surface area (Å²) in [6, 6.07) is 10.8. The monoisotopic (exact) mass is 319 g/mol. The predicted octanol–water partition coefficient (Wildman–Crippen LogP) is 1.73. The van der Waals surface area contributed by atoms with Crippen molar-refractivity contribution in [1.82, 2.24) is 19.9 Å². The third kappa shape index (κ3) is 2.44. The van der Waals surface area contributed by atoms with Crippen LogP contribution in [0.2, 0.25) is 0 Å². The van der Waals surface area contributed by atoms with Crippen LogP contribution >= 0.6 is 0 Å². The smallest absolute Gasteiger partial charge is 0.254 e. The van der Waals surface area contributed by atoms with Crippen molar-refractivity contribution < 1.29 is 9.53 Å². The number of H-pyrrole nitrogens is 1. The highest BCUT2D eigenvalue weighted by atomic mass is 16.5. The Morgan fingerprint density at radius 1 is 1.33 bits per heavy atom. The summed E-state index contributed by atoms with van der Waals surface area (Å²) in [7, 11) is 0. The highest BCUT2D eigenvalue weighted by molar-refractivity contribution is 5.97. The Labute approximate surface area is 137 Å². The largest absolute Gasteiger partial charge is 0.470 e. The lowest BCUT2D eigenvalue weighted by Crippen LogP contribution is -2.56. The molecular weight excluding hydrogens is 306 g/mol. The zero-order valence-corrected chi connectivity index (χ0v) is 12.6. The summed E-state index contributed by atoms with van der Waals surface area (Å²) in [5.41, 5.74) is 2.67. The van der Waals surface area contributed by atoms with E-state index in [2.05, 4.69) is 15.0 Å². The lowest BCUT2D eigenvalue weighted by Gasteiger charge is -2.38. The topological polar surface area (TPSA) is 94.9 Å². The van der Waals surface area contributed by atoms with Crippen LogP contribution < -0.4 is 4.74 Å². The average Bonchev–Trinajstić information content (AvgIpc) is 3.05. The van der Waals surface area contributed by atoms with Gasteiger partial charge < -0.3 is 14.6 Å². The molecular formula is C17H13N5O2. The number of ether oxygens (including phenoxy) is 1. The molecule has 0 atom stereocenters. The lowest BCUT2D eigenvalue weighted by atomic mass is 10.1. The first-order chi connectivity index (χ1) is 11.7. The number of fused-ring (bicyclic) bond motifs is 1. The second-order valence-corrected chi connectivity index (χ2v) is 5.55. The van der Waals surface area contributed by atoms with E-state index >= 15 is 0 Å². The van der Waals surface area contributed by atoms with Gasteiger partial charge in [-0.3, -0.25) is 4.79 Å². The molecule has 1 N–H and O–H groups in total. The molecule has 0 saturated carbocycles. The summed E-state index contributed by atoms with van der Waals surface area (Å²) >= 11 is 0. The minimum atomic E-state index is -0.146. The zero-order valence-electron chi connectivity index (χ0n) is 12.6. The minimum Gasteiger partial charge on any atom is -0.470 e. The molecule has 3 aromatic rings. The van der Waals surface area contributed by atoms with E-state index in [0.717, 1.165) is 11.0 Å². The van der Waals surface area contributed by atoms with Gasteiger partial charge in [-0.25, -0.2) is 9.97 Å². The molecule has 3 heterocycles. The highest BCUT2D eigenvalue weighted by Gasteiger charge is 2.33. The number of nitriles is 1. The van der Waals surface area contributed by atoms with Crippen molar-refractivity contribution in [2.75, 3.05) is 13.1 Å². The molecule has 1 fully saturated rings. The standard InChI is InChI=1S/C17H13N5O2/c18-7-12-2-1-5-19-16(12)24-13-8-22(9-13)17(23)11-3-4-14-15(6-11)21-10-20-14/h1-6,10,13H,8-9H2,(H,20,21). The van der Waals surface area contributed by atoms with Gasteiger partial charge in [0.05, 0.1) is 30.5 Å². The van der Waals surface area contributed by atoms with Gasteiger partial charge >= 0.3 is 0 Å². The van der Waals surface area contributed by atoms with Gasteiger partial charge in [0.1, 0.15) is 17.7 Å². The maximum Gasteiger partial charge on any atom is 0.254 e. The van der Waals surface area contributed by atoms with Gasteiger partial charge in [-0.15, -0.1) is 0 Å². The van der Waals surface area contributed by atoms with Crippen molar-refractivity contribution in [3.8, 4) is 11.9 Å². The molecule has 1 amide bonds. The number of hydrogen-bond acceptors (Lipinski definition) is 5. The fourth-order valence-electron chi connectivity index (χ4n) is 2.66. The molecule has 4 rings (SSSR count). The molecule has 0 aliphatic carbocycles. The molecule has 0 spiro atoms. The molecule has 7 heteroatoms. The Balaban J connectivity index is 1.41. The van der Waals surface area contributed by atoms with Crippen molar-refractivity contribution in [3.05, 3.63) is 54.0 Å². The average molecular weight is 319 g/mol. The molecule has 0 radical (unpaired) electrons. The number of aromatic nitrogens is 3. The number of imidazole rings is 1. The van der Waals surface area contributed by atoms with E-state index in [1.54, 1.807) is 41.7 Å². The number of aromatic amines is 1. The van der Waals surface area contributed by atoms with Gasteiger partial charge in [-0.1, -0.05) is 0 Å². The number of pyridine rings is 1. The predicted molar refractivity (Wildman–Crippen MR) is 85.4 cm³/mol. The molecule has 24 heavy (non-hydrogen) atoms. The fourth-order valence-corrected chi connectivity index (χ4v) is 2.66. The first-order valence-corrected chi connectivity index (χ1v) is 7.49. The van der Waals surface area contributed by atoms with Crippen LogP contribution in [-0.4, -0.2) is 45.0 Å². The Bertz CT molecular complexity index is 953. The molecule has 118 valence electrons. The van der Waals surface area contributed by atoms with Crippen molar-refractivity contribution >= 4 is 16.9 Å². The van der Waals surface area contributed by atoms with Crippen molar-refractivity contribution in [2.45, 2.75) is 6.10 Å². The molecule has 2 aromatic heterocycles. The van der Waals surface area contributed by atoms with E-state index in [1.807, 2.05) is 12.1 Å².